The Bertz CT molecular complexity index is 1270. The second-order valence-electron chi connectivity index (χ2n) is 9.36. The number of anilines is 1. The number of benzene rings is 2. The van der Waals surface area contributed by atoms with E-state index in [4.69, 9.17) is 33.2 Å². The van der Waals surface area contributed by atoms with Crippen molar-refractivity contribution in [2.45, 2.75) is 38.5 Å². The summed E-state index contributed by atoms with van der Waals surface area (Å²) in [4.78, 5) is 11.9. The Balaban J connectivity index is 1.53. The number of sulfonamides is 1. The van der Waals surface area contributed by atoms with Crippen LogP contribution in [0.3, 0.4) is 0 Å². The maximum absolute atomic E-state index is 11.9. The van der Waals surface area contributed by atoms with Crippen LogP contribution >= 0.6 is 0 Å². The lowest BCUT2D eigenvalue weighted by molar-refractivity contribution is -0.153. The van der Waals surface area contributed by atoms with Crippen LogP contribution in [0.25, 0.3) is 0 Å². The van der Waals surface area contributed by atoms with Gasteiger partial charge in [0.15, 0.2) is 29.8 Å². The van der Waals surface area contributed by atoms with Gasteiger partial charge in [0.2, 0.25) is 16.1 Å². The van der Waals surface area contributed by atoms with E-state index in [0.717, 1.165) is 11.8 Å². The molecule has 1 unspecified atom stereocenters. The molecule has 0 spiro atoms. The first-order valence-electron chi connectivity index (χ1n) is 13.0. The Morgan fingerprint density at radius 1 is 1.17 bits per heavy atom. The molecule has 1 heterocycles. The van der Waals surface area contributed by atoms with Crippen molar-refractivity contribution in [3.8, 4) is 28.7 Å². The van der Waals surface area contributed by atoms with Gasteiger partial charge in [-0.2, -0.15) is 0 Å². The van der Waals surface area contributed by atoms with E-state index >= 15 is 0 Å². The molecule has 0 bridgehead atoms. The third-order valence-corrected chi connectivity index (χ3v) is 6.36. The highest BCUT2D eigenvalue weighted by molar-refractivity contribution is 7.92. The van der Waals surface area contributed by atoms with Crippen molar-refractivity contribution in [2.24, 2.45) is 0 Å². The molecular weight excluding hydrogens is 560 g/mol. The van der Waals surface area contributed by atoms with Crippen molar-refractivity contribution in [3.63, 3.8) is 0 Å². The fraction of sp³-hybridized carbons (Fsp3) is 0.519. The van der Waals surface area contributed by atoms with Crippen LogP contribution < -0.4 is 33.7 Å². The molecular formula is C27H38N2O11S. The number of carbonyl (C=O) groups is 1. The quantitative estimate of drug-likeness (QED) is 0.190. The monoisotopic (exact) mass is 598 g/mol. The van der Waals surface area contributed by atoms with Crippen LogP contribution in [-0.2, 0) is 30.7 Å². The lowest BCUT2D eigenvalue weighted by Gasteiger charge is -2.25. The number of methoxy groups -OCH3 is 2. The van der Waals surface area contributed by atoms with E-state index in [-0.39, 0.29) is 62.1 Å². The van der Waals surface area contributed by atoms with Gasteiger partial charge < -0.3 is 43.6 Å². The minimum absolute atomic E-state index is 0.00219. The largest absolute Gasteiger partial charge is 0.493 e. The number of carbonyl (C=O) groups excluding carboxylic acids is 1. The minimum atomic E-state index is -3.63. The van der Waals surface area contributed by atoms with Crippen molar-refractivity contribution in [2.75, 3.05) is 58.4 Å². The van der Waals surface area contributed by atoms with Crippen LogP contribution in [-0.4, -0.2) is 91.4 Å². The Kier molecular flexibility index (Phi) is 11.7. The van der Waals surface area contributed by atoms with Crippen LogP contribution in [0.1, 0.15) is 19.4 Å². The standard InChI is InChI=1S/C27H38N2O11S/c1-6-36-27(31)25-15-38-23-10-18(7-8-22(23)40-25)9-17(2)28-13-19(30)14-37-20-11-21(29-41(5,32)33)26(39-16-34-3)24(12-20)35-4/h7-8,10-12,17,19,25,28-30H,6,9,13-16H2,1-5H3/t17-,19+,25?/m1/s1. The first-order valence-corrected chi connectivity index (χ1v) is 14.9. The zero-order chi connectivity index (χ0) is 30.0. The minimum Gasteiger partial charge on any atom is -0.493 e. The van der Waals surface area contributed by atoms with Gasteiger partial charge in [0.25, 0.3) is 0 Å². The first kappa shape index (κ1) is 32.1. The summed E-state index contributed by atoms with van der Waals surface area (Å²) in [5.41, 5.74) is 1.09. The highest BCUT2D eigenvalue weighted by Crippen LogP contribution is 2.40. The average molecular weight is 599 g/mol. The summed E-state index contributed by atoms with van der Waals surface area (Å²) in [6, 6.07) is 8.49. The van der Waals surface area contributed by atoms with E-state index < -0.39 is 28.2 Å². The fourth-order valence-corrected chi connectivity index (χ4v) is 4.51. The summed E-state index contributed by atoms with van der Waals surface area (Å²) in [6.45, 7) is 4.12. The Morgan fingerprint density at radius 2 is 1.95 bits per heavy atom. The molecule has 228 valence electrons. The van der Waals surface area contributed by atoms with E-state index in [0.29, 0.717) is 17.9 Å². The smallest absolute Gasteiger partial charge is 0.350 e. The summed E-state index contributed by atoms with van der Waals surface area (Å²) >= 11 is 0. The number of hydrogen-bond donors (Lipinski definition) is 3. The molecule has 0 amide bonds. The van der Waals surface area contributed by atoms with Crippen molar-refractivity contribution < 1.29 is 51.5 Å². The summed E-state index contributed by atoms with van der Waals surface area (Å²) in [5.74, 6) is 1.22. The molecule has 0 aromatic heterocycles. The molecule has 3 rings (SSSR count). The first-order chi connectivity index (χ1) is 19.5. The van der Waals surface area contributed by atoms with Gasteiger partial charge in [-0.1, -0.05) is 6.07 Å². The molecule has 0 saturated carbocycles. The summed E-state index contributed by atoms with van der Waals surface area (Å²) < 4.78 is 63.9. The molecule has 14 heteroatoms. The summed E-state index contributed by atoms with van der Waals surface area (Å²) in [5, 5.41) is 13.8. The number of esters is 1. The molecule has 3 N–H and O–H groups in total. The molecule has 0 aliphatic carbocycles. The van der Waals surface area contributed by atoms with Gasteiger partial charge in [0, 0.05) is 31.8 Å². The second kappa shape index (κ2) is 15.0. The molecule has 2 aromatic rings. The summed E-state index contributed by atoms with van der Waals surface area (Å²) in [7, 11) is -0.788. The molecule has 13 nitrogen and oxygen atoms in total. The molecule has 3 atom stereocenters. The lowest BCUT2D eigenvalue weighted by atomic mass is 10.1. The number of rotatable bonds is 16. The van der Waals surface area contributed by atoms with Crippen molar-refractivity contribution >= 4 is 21.7 Å². The molecule has 1 aliphatic heterocycles. The van der Waals surface area contributed by atoms with Gasteiger partial charge in [-0.3, -0.25) is 4.72 Å². The number of hydrogen-bond acceptors (Lipinski definition) is 12. The molecule has 2 aromatic carbocycles. The highest BCUT2D eigenvalue weighted by Gasteiger charge is 2.29. The predicted molar refractivity (Wildman–Crippen MR) is 150 cm³/mol. The zero-order valence-electron chi connectivity index (χ0n) is 23.8. The topological polar surface area (TPSA) is 160 Å². The van der Waals surface area contributed by atoms with Gasteiger partial charge in [0.1, 0.15) is 25.1 Å². The van der Waals surface area contributed by atoms with Crippen LogP contribution in [0.2, 0.25) is 0 Å². The second-order valence-corrected chi connectivity index (χ2v) is 11.1. The van der Waals surface area contributed by atoms with E-state index in [9.17, 15) is 18.3 Å². The Hall–Kier alpha value is -3.46. The molecule has 41 heavy (non-hydrogen) atoms. The number of fused-ring (bicyclic) bond motifs is 1. The van der Waals surface area contributed by atoms with E-state index in [2.05, 4.69) is 10.0 Å². The van der Waals surface area contributed by atoms with E-state index in [1.54, 1.807) is 13.0 Å². The normalized spacial score (nSPS) is 15.9. The van der Waals surface area contributed by atoms with E-state index in [1.807, 2.05) is 19.1 Å². The van der Waals surface area contributed by atoms with Gasteiger partial charge in [-0.05, 0) is 38.0 Å². The van der Waals surface area contributed by atoms with Gasteiger partial charge in [-0.25, -0.2) is 13.2 Å². The number of ether oxygens (including phenoxy) is 7. The van der Waals surface area contributed by atoms with Gasteiger partial charge in [-0.15, -0.1) is 0 Å². The van der Waals surface area contributed by atoms with Crippen LogP contribution in [0.5, 0.6) is 28.7 Å². The molecule has 0 fully saturated rings. The van der Waals surface area contributed by atoms with Crippen LogP contribution in [0, 0.1) is 0 Å². The Labute approximate surface area is 240 Å². The third kappa shape index (κ3) is 9.85. The molecule has 0 radical (unpaired) electrons. The van der Waals surface area contributed by atoms with Gasteiger partial charge >= 0.3 is 5.97 Å². The van der Waals surface area contributed by atoms with Gasteiger partial charge in [0.05, 0.1) is 25.7 Å². The van der Waals surface area contributed by atoms with Crippen molar-refractivity contribution in [1.82, 2.24) is 5.32 Å². The SMILES string of the molecule is CCOC(=O)C1COc2cc(C[C@@H](C)NC[C@H](O)COc3cc(NS(C)(=O)=O)c(OCOC)c(OC)c3)ccc2O1. The predicted octanol–water partition coefficient (Wildman–Crippen LogP) is 1.71. The van der Waals surface area contributed by atoms with Crippen LogP contribution in [0.4, 0.5) is 5.69 Å². The Morgan fingerprint density at radius 3 is 2.63 bits per heavy atom. The van der Waals surface area contributed by atoms with Crippen LogP contribution in [0.15, 0.2) is 30.3 Å². The molecule has 1 aliphatic rings. The third-order valence-electron chi connectivity index (χ3n) is 5.77. The lowest BCUT2D eigenvalue weighted by Crippen LogP contribution is -2.38. The summed E-state index contributed by atoms with van der Waals surface area (Å²) in [6.07, 6.45) is 0.00455. The average Bonchev–Trinajstić information content (AvgIpc) is 2.93. The molecule has 0 saturated heterocycles. The number of aliphatic hydroxyl groups is 1. The maximum atomic E-state index is 11.9. The fourth-order valence-electron chi connectivity index (χ4n) is 3.96. The number of aliphatic hydroxyl groups excluding tert-OH is 1. The van der Waals surface area contributed by atoms with Crippen molar-refractivity contribution in [1.29, 1.82) is 0 Å². The van der Waals surface area contributed by atoms with E-state index in [1.165, 1.54) is 26.4 Å². The number of nitrogens with one attached hydrogen (secondary N) is 2. The van der Waals surface area contributed by atoms with Crippen molar-refractivity contribution in [3.05, 3.63) is 35.9 Å². The maximum Gasteiger partial charge on any atom is 0.350 e. The zero-order valence-corrected chi connectivity index (χ0v) is 24.6. The highest BCUT2D eigenvalue weighted by atomic mass is 32.2.